The molecule has 132 valence electrons. The summed E-state index contributed by atoms with van der Waals surface area (Å²) in [7, 11) is -3.54. The van der Waals surface area contributed by atoms with Crippen molar-refractivity contribution in [2.45, 2.75) is 55.6 Å². The van der Waals surface area contributed by atoms with Crippen molar-refractivity contribution in [3.8, 4) is 0 Å². The molecule has 3 heterocycles. The normalized spacial score (nSPS) is 26.5. The Labute approximate surface area is 157 Å². The Morgan fingerprint density at radius 3 is 2.58 bits per heavy atom. The van der Waals surface area contributed by atoms with Crippen LogP contribution < -0.4 is 10.0 Å². The molecule has 2 N–H and O–H groups in total. The number of sulfonamides is 1. The molecular formula is C16H20Cl2N2O2S2. The number of aryl methyl sites for hydroxylation is 1. The molecular weight excluding hydrogens is 387 g/mol. The third-order valence-corrected chi connectivity index (χ3v) is 7.99. The van der Waals surface area contributed by atoms with E-state index in [0.29, 0.717) is 22.0 Å². The summed E-state index contributed by atoms with van der Waals surface area (Å²) in [5.41, 5.74) is 0. The van der Waals surface area contributed by atoms with Crippen molar-refractivity contribution in [1.29, 1.82) is 0 Å². The predicted molar refractivity (Wildman–Crippen MR) is 102 cm³/mol. The fraction of sp³-hybridized carbons (Fsp3) is 0.500. The third kappa shape index (κ3) is 3.32. The molecule has 2 aliphatic rings. The number of benzene rings is 1. The highest BCUT2D eigenvalue weighted by Crippen LogP contribution is 2.36. The van der Waals surface area contributed by atoms with Crippen molar-refractivity contribution >= 4 is 55.5 Å². The second-order valence-electron chi connectivity index (χ2n) is 6.56. The van der Waals surface area contributed by atoms with E-state index in [-0.39, 0.29) is 18.4 Å². The van der Waals surface area contributed by atoms with Crippen LogP contribution in [0.3, 0.4) is 0 Å². The lowest BCUT2D eigenvalue weighted by Crippen LogP contribution is -2.47. The highest BCUT2D eigenvalue weighted by atomic mass is 35.5. The smallest absolute Gasteiger partial charge is 0.242 e. The van der Waals surface area contributed by atoms with E-state index in [1.54, 1.807) is 12.1 Å². The average Bonchev–Trinajstić information content (AvgIpc) is 2.97. The second kappa shape index (κ2) is 6.74. The molecule has 0 amide bonds. The van der Waals surface area contributed by atoms with Gasteiger partial charge in [-0.25, -0.2) is 13.1 Å². The summed E-state index contributed by atoms with van der Waals surface area (Å²) in [6.07, 6.45) is 4.05. The number of rotatable bonds is 3. The minimum absolute atomic E-state index is 0. The fourth-order valence-electron chi connectivity index (χ4n) is 3.94. The van der Waals surface area contributed by atoms with Crippen LogP contribution in [0.2, 0.25) is 5.02 Å². The molecule has 2 atom stereocenters. The predicted octanol–water partition coefficient (Wildman–Crippen LogP) is 3.85. The molecule has 0 radical (unpaired) electrons. The zero-order valence-electron chi connectivity index (χ0n) is 13.2. The summed E-state index contributed by atoms with van der Waals surface area (Å²) in [6.45, 7) is 1.86. The van der Waals surface area contributed by atoms with Gasteiger partial charge in [0.1, 0.15) is 4.90 Å². The maximum atomic E-state index is 13.0. The number of nitrogens with one attached hydrogen (secondary N) is 2. The Kier molecular flexibility index (Phi) is 5.17. The molecule has 8 heteroatoms. The van der Waals surface area contributed by atoms with E-state index in [2.05, 4.69) is 10.0 Å². The first kappa shape index (κ1) is 18.4. The standard InChI is InChI=1S/C16H19ClN2O2S2.ClH/c1-9-16(14-6-10(17)2-5-15(14)22-9)23(20,21)19-13-7-11-3-4-12(8-13)18-11;/h2,5-6,11-13,18-19H,3-4,7-8H2,1H3;1H. The van der Waals surface area contributed by atoms with Crippen molar-refractivity contribution in [2.75, 3.05) is 0 Å². The van der Waals surface area contributed by atoms with E-state index in [0.717, 1.165) is 40.6 Å². The topological polar surface area (TPSA) is 58.2 Å². The molecule has 2 aliphatic heterocycles. The maximum Gasteiger partial charge on any atom is 0.242 e. The molecule has 4 nitrogen and oxygen atoms in total. The van der Waals surface area contributed by atoms with Crippen molar-refractivity contribution in [3.05, 3.63) is 28.1 Å². The molecule has 2 unspecified atom stereocenters. The van der Waals surface area contributed by atoms with E-state index in [9.17, 15) is 8.42 Å². The lowest BCUT2D eigenvalue weighted by atomic mass is 10.0. The van der Waals surface area contributed by atoms with Crippen LogP contribution in [0, 0.1) is 6.92 Å². The molecule has 0 spiro atoms. The van der Waals surface area contributed by atoms with E-state index >= 15 is 0 Å². The molecule has 1 aromatic carbocycles. The zero-order chi connectivity index (χ0) is 16.2. The molecule has 2 bridgehead atoms. The first-order valence-corrected chi connectivity index (χ1v) is 10.6. The van der Waals surface area contributed by atoms with E-state index in [1.165, 1.54) is 11.3 Å². The number of halogens is 2. The Hall–Kier alpha value is -0.370. The SMILES string of the molecule is Cc1sc2ccc(Cl)cc2c1S(=O)(=O)NC1CC2CCC(C1)N2.Cl. The Morgan fingerprint density at radius 2 is 1.92 bits per heavy atom. The van der Waals surface area contributed by atoms with Crippen LogP contribution in [0.5, 0.6) is 0 Å². The Morgan fingerprint density at radius 1 is 1.25 bits per heavy atom. The average molecular weight is 407 g/mol. The van der Waals surface area contributed by atoms with Crippen LogP contribution >= 0.6 is 35.3 Å². The van der Waals surface area contributed by atoms with Crippen LogP contribution in [0.15, 0.2) is 23.1 Å². The van der Waals surface area contributed by atoms with Gasteiger partial charge in [-0.1, -0.05) is 11.6 Å². The van der Waals surface area contributed by atoms with Crippen LogP contribution in [-0.2, 0) is 10.0 Å². The summed E-state index contributed by atoms with van der Waals surface area (Å²) >= 11 is 7.57. The van der Waals surface area contributed by atoms with Gasteiger partial charge in [0.2, 0.25) is 10.0 Å². The van der Waals surface area contributed by atoms with Gasteiger partial charge in [-0.2, -0.15) is 0 Å². The third-order valence-electron chi connectivity index (χ3n) is 4.83. The summed E-state index contributed by atoms with van der Waals surface area (Å²) in [5.74, 6) is 0. The summed E-state index contributed by atoms with van der Waals surface area (Å²) < 4.78 is 29.8. The van der Waals surface area contributed by atoms with Gasteiger partial charge in [0.25, 0.3) is 0 Å². The first-order chi connectivity index (χ1) is 10.9. The van der Waals surface area contributed by atoms with Crippen molar-refractivity contribution in [3.63, 3.8) is 0 Å². The van der Waals surface area contributed by atoms with E-state index in [1.807, 2.05) is 13.0 Å². The number of piperidine rings is 1. The second-order valence-corrected chi connectivity index (χ2v) is 9.90. The molecule has 0 aliphatic carbocycles. The Balaban J connectivity index is 0.00000169. The summed E-state index contributed by atoms with van der Waals surface area (Å²) in [5, 5.41) is 4.83. The van der Waals surface area contributed by atoms with Crippen molar-refractivity contribution < 1.29 is 8.42 Å². The van der Waals surface area contributed by atoms with Gasteiger partial charge in [-0.15, -0.1) is 23.7 Å². The summed E-state index contributed by atoms with van der Waals surface area (Å²) in [6, 6.07) is 6.37. The van der Waals surface area contributed by atoms with Crippen LogP contribution in [0.25, 0.3) is 10.1 Å². The minimum Gasteiger partial charge on any atom is -0.311 e. The van der Waals surface area contributed by atoms with E-state index < -0.39 is 10.0 Å². The van der Waals surface area contributed by atoms with Crippen LogP contribution in [0.1, 0.15) is 30.6 Å². The molecule has 2 aromatic rings. The molecule has 4 rings (SSSR count). The maximum absolute atomic E-state index is 13.0. The number of hydrogen-bond acceptors (Lipinski definition) is 4. The van der Waals surface area contributed by atoms with Gasteiger partial charge in [0.05, 0.1) is 0 Å². The quantitative estimate of drug-likeness (QED) is 0.813. The van der Waals surface area contributed by atoms with Crippen LogP contribution in [0.4, 0.5) is 0 Å². The van der Waals surface area contributed by atoms with Gasteiger partial charge < -0.3 is 5.32 Å². The highest BCUT2D eigenvalue weighted by Gasteiger charge is 2.36. The van der Waals surface area contributed by atoms with Gasteiger partial charge in [0.15, 0.2) is 0 Å². The first-order valence-electron chi connectivity index (χ1n) is 7.89. The van der Waals surface area contributed by atoms with Crippen molar-refractivity contribution in [2.24, 2.45) is 0 Å². The zero-order valence-corrected chi connectivity index (χ0v) is 16.4. The van der Waals surface area contributed by atoms with Gasteiger partial charge in [-0.05, 0) is 50.8 Å². The molecule has 1 aromatic heterocycles. The van der Waals surface area contributed by atoms with Crippen molar-refractivity contribution in [1.82, 2.24) is 10.0 Å². The van der Waals surface area contributed by atoms with Gasteiger partial charge in [-0.3, -0.25) is 0 Å². The molecule has 2 saturated heterocycles. The monoisotopic (exact) mass is 406 g/mol. The minimum atomic E-state index is -3.54. The van der Waals surface area contributed by atoms with Gasteiger partial charge >= 0.3 is 0 Å². The lowest BCUT2D eigenvalue weighted by Gasteiger charge is -2.29. The molecule has 0 saturated carbocycles. The fourth-order valence-corrected chi connectivity index (χ4v) is 7.15. The molecule has 2 fully saturated rings. The van der Waals surface area contributed by atoms with Gasteiger partial charge in [0, 0.05) is 38.1 Å². The van der Waals surface area contributed by atoms with Crippen LogP contribution in [-0.4, -0.2) is 26.5 Å². The lowest BCUT2D eigenvalue weighted by molar-refractivity contribution is 0.345. The number of thiophene rings is 1. The highest BCUT2D eigenvalue weighted by molar-refractivity contribution is 7.90. The van der Waals surface area contributed by atoms with E-state index in [4.69, 9.17) is 11.6 Å². The summed E-state index contributed by atoms with van der Waals surface area (Å²) in [4.78, 5) is 1.21. The largest absolute Gasteiger partial charge is 0.311 e. The number of fused-ring (bicyclic) bond motifs is 3. The number of hydrogen-bond donors (Lipinski definition) is 2. The Bertz CT molecular complexity index is 854. The molecule has 24 heavy (non-hydrogen) atoms.